The maximum absolute atomic E-state index is 12.4. The Morgan fingerprint density at radius 1 is 1.29 bits per heavy atom. The van der Waals surface area contributed by atoms with Gasteiger partial charge in [-0.2, -0.15) is 0 Å². The van der Waals surface area contributed by atoms with Gasteiger partial charge in [0.1, 0.15) is 0 Å². The van der Waals surface area contributed by atoms with Crippen LogP contribution in [0.3, 0.4) is 0 Å². The Balaban J connectivity index is 2.25. The van der Waals surface area contributed by atoms with Crippen LogP contribution in [0.15, 0.2) is 18.2 Å². The second-order valence-electron chi connectivity index (χ2n) is 5.10. The third-order valence-corrected chi connectivity index (χ3v) is 5.64. The van der Waals surface area contributed by atoms with Gasteiger partial charge in [0.15, 0.2) is 0 Å². The molecule has 1 aliphatic carbocycles. The zero-order valence-electron chi connectivity index (χ0n) is 11.7. The standard InChI is InChI=1S/C15H19ClN2O2S/c16-13-8-9-15(12(11-13)5-4-10-17)18-21(19,20)14-6-2-1-3-7-14/h8-9,11,14,18H,1-3,6-7,10,17H2. The molecule has 3 N–H and O–H groups in total. The molecule has 0 radical (unpaired) electrons. The van der Waals surface area contributed by atoms with Crippen molar-refractivity contribution in [2.24, 2.45) is 5.73 Å². The highest BCUT2D eigenvalue weighted by Crippen LogP contribution is 2.27. The molecule has 0 unspecified atom stereocenters. The summed E-state index contributed by atoms with van der Waals surface area (Å²) in [6, 6.07) is 4.93. The smallest absolute Gasteiger partial charge is 0.235 e. The number of anilines is 1. The Hall–Kier alpha value is -1.22. The van der Waals surface area contributed by atoms with Crippen LogP contribution in [0.2, 0.25) is 5.02 Å². The summed E-state index contributed by atoms with van der Waals surface area (Å²) in [5, 5.41) is 0.189. The van der Waals surface area contributed by atoms with Crippen LogP contribution in [-0.2, 0) is 10.0 Å². The summed E-state index contributed by atoms with van der Waals surface area (Å²) in [6.45, 7) is 0.210. The summed E-state index contributed by atoms with van der Waals surface area (Å²) >= 11 is 5.94. The van der Waals surface area contributed by atoms with Crippen molar-refractivity contribution in [1.82, 2.24) is 0 Å². The third-order valence-electron chi connectivity index (χ3n) is 3.55. The van der Waals surface area contributed by atoms with Crippen molar-refractivity contribution in [3.8, 4) is 11.8 Å². The van der Waals surface area contributed by atoms with E-state index in [1.807, 2.05) is 0 Å². The monoisotopic (exact) mass is 326 g/mol. The van der Waals surface area contributed by atoms with E-state index in [-0.39, 0.29) is 11.8 Å². The van der Waals surface area contributed by atoms with Crippen LogP contribution in [0.1, 0.15) is 37.7 Å². The Bertz CT molecular complexity index is 656. The molecule has 0 aliphatic heterocycles. The molecule has 1 aromatic rings. The third kappa shape index (κ3) is 4.37. The van der Waals surface area contributed by atoms with Crippen LogP contribution in [0.4, 0.5) is 5.69 Å². The zero-order chi connectivity index (χ0) is 15.3. The van der Waals surface area contributed by atoms with Crippen LogP contribution < -0.4 is 10.5 Å². The van der Waals surface area contributed by atoms with Gasteiger partial charge in [-0.05, 0) is 31.0 Å². The van der Waals surface area contributed by atoms with Gasteiger partial charge in [-0.25, -0.2) is 8.42 Å². The lowest BCUT2D eigenvalue weighted by Gasteiger charge is -2.22. The van der Waals surface area contributed by atoms with Gasteiger partial charge >= 0.3 is 0 Å². The molecule has 0 saturated heterocycles. The van der Waals surface area contributed by atoms with Gasteiger partial charge < -0.3 is 5.73 Å². The highest BCUT2D eigenvalue weighted by Gasteiger charge is 2.27. The summed E-state index contributed by atoms with van der Waals surface area (Å²) in [5.74, 6) is 5.57. The summed E-state index contributed by atoms with van der Waals surface area (Å²) in [5.41, 5.74) is 6.38. The van der Waals surface area contributed by atoms with E-state index >= 15 is 0 Å². The van der Waals surface area contributed by atoms with E-state index in [0.29, 0.717) is 29.1 Å². The molecule has 1 saturated carbocycles. The average molecular weight is 327 g/mol. The number of nitrogens with two attached hydrogens (primary N) is 1. The van der Waals surface area contributed by atoms with Crippen molar-refractivity contribution in [3.05, 3.63) is 28.8 Å². The van der Waals surface area contributed by atoms with Crippen molar-refractivity contribution >= 4 is 27.3 Å². The molecular formula is C15H19ClN2O2S. The van der Waals surface area contributed by atoms with Gasteiger partial charge in [-0.15, -0.1) is 0 Å². The summed E-state index contributed by atoms with van der Waals surface area (Å²) in [7, 11) is -3.39. The predicted molar refractivity (Wildman–Crippen MR) is 86.8 cm³/mol. The van der Waals surface area contributed by atoms with E-state index in [1.165, 1.54) is 0 Å². The molecule has 6 heteroatoms. The number of benzene rings is 1. The lowest BCUT2D eigenvalue weighted by molar-refractivity contribution is 0.486. The first-order valence-electron chi connectivity index (χ1n) is 7.03. The Morgan fingerprint density at radius 2 is 2.00 bits per heavy atom. The van der Waals surface area contributed by atoms with E-state index in [4.69, 9.17) is 17.3 Å². The van der Waals surface area contributed by atoms with Gasteiger partial charge in [0.05, 0.1) is 23.0 Å². The minimum atomic E-state index is -3.39. The van der Waals surface area contributed by atoms with Crippen molar-refractivity contribution in [3.63, 3.8) is 0 Å². The summed E-state index contributed by atoms with van der Waals surface area (Å²) in [6.07, 6.45) is 4.47. The predicted octanol–water partition coefficient (Wildman–Crippen LogP) is 2.72. The second-order valence-corrected chi connectivity index (χ2v) is 7.50. The summed E-state index contributed by atoms with van der Waals surface area (Å²) in [4.78, 5) is 0. The van der Waals surface area contributed by atoms with E-state index in [0.717, 1.165) is 19.3 Å². The zero-order valence-corrected chi connectivity index (χ0v) is 13.3. The molecule has 0 atom stereocenters. The van der Waals surface area contributed by atoms with Crippen LogP contribution in [0.25, 0.3) is 0 Å². The molecule has 1 aliphatic rings. The van der Waals surface area contributed by atoms with Gasteiger partial charge in [-0.3, -0.25) is 4.72 Å². The molecule has 0 bridgehead atoms. The number of rotatable bonds is 3. The van der Waals surface area contributed by atoms with Gasteiger partial charge in [0.25, 0.3) is 0 Å². The van der Waals surface area contributed by atoms with Crippen LogP contribution in [0, 0.1) is 11.8 Å². The number of sulfonamides is 1. The molecule has 0 aromatic heterocycles. The quantitative estimate of drug-likeness (QED) is 0.839. The first-order valence-corrected chi connectivity index (χ1v) is 8.95. The van der Waals surface area contributed by atoms with Crippen molar-refractivity contribution in [1.29, 1.82) is 0 Å². The molecule has 114 valence electrons. The number of nitrogens with one attached hydrogen (secondary N) is 1. The first kappa shape index (κ1) is 16.2. The SMILES string of the molecule is NCC#Cc1cc(Cl)ccc1NS(=O)(=O)C1CCCCC1. The molecular weight excluding hydrogens is 308 g/mol. The maximum atomic E-state index is 12.4. The Kier molecular flexibility index (Phi) is 5.51. The number of hydrogen-bond donors (Lipinski definition) is 2. The molecule has 4 nitrogen and oxygen atoms in total. The van der Waals surface area contributed by atoms with Gasteiger partial charge in [-0.1, -0.05) is 42.7 Å². The highest BCUT2D eigenvalue weighted by molar-refractivity contribution is 7.93. The lowest BCUT2D eigenvalue weighted by Crippen LogP contribution is -2.30. The normalized spacial score (nSPS) is 16.1. The number of hydrogen-bond acceptors (Lipinski definition) is 3. The Labute approximate surface area is 131 Å². The molecule has 21 heavy (non-hydrogen) atoms. The number of halogens is 1. The second kappa shape index (κ2) is 7.17. The average Bonchev–Trinajstić information content (AvgIpc) is 2.48. The minimum Gasteiger partial charge on any atom is -0.320 e. The summed E-state index contributed by atoms with van der Waals surface area (Å²) < 4.78 is 27.6. The van der Waals surface area contributed by atoms with Crippen LogP contribution in [-0.4, -0.2) is 20.2 Å². The van der Waals surface area contributed by atoms with E-state index in [9.17, 15) is 8.42 Å². The van der Waals surface area contributed by atoms with E-state index < -0.39 is 10.0 Å². The highest BCUT2D eigenvalue weighted by atomic mass is 35.5. The van der Waals surface area contributed by atoms with Gasteiger partial charge in [0.2, 0.25) is 10.0 Å². The minimum absolute atomic E-state index is 0.210. The van der Waals surface area contributed by atoms with Crippen LogP contribution in [0.5, 0.6) is 0 Å². The molecule has 0 amide bonds. The van der Waals surface area contributed by atoms with Gasteiger partial charge in [0, 0.05) is 5.02 Å². The lowest BCUT2D eigenvalue weighted by atomic mass is 10.0. The molecule has 1 fully saturated rings. The molecule has 0 spiro atoms. The fourth-order valence-electron chi connectivity index (χ4n) is 2.47. The van der Waals surface area contributed by atoms with Crippen molar-refractivity contribution < 1.29 is 8.42 Å². The Morgan fingerprint density at radius 3 is 2.67 bits per heavy atom. The fourth-order valence-corrected chi connectivity index (χ4v) is 4.24. The van der Waals surface area contributed by atoms with Crippen LogP contribution >= 0.6 is 11.6 Å². The molecule has 0 heterocycles. The van der Waals surface area contributed by atoms with E-state index in [1.54, 1.807) is 18.2 Å². The largest absolute Gasteiger partial charge is 0.320 e. The molecule has 1 aromatic carbocycles. The van der Waals surface area contributed by atoms with E-state index in [2.05, 4.69) is 16.6 Å². The first-order chi connectivity index (χ1) is 10.0. The van der Waals surface area contributed by atoms with Crippen molar-refractivity contribution in [2.45, 2.75) is 37.4 Å². The molecule has 2 rings (SSSR count). The van der Waals surface area contributed by atoms with Crippen molar-refractivity contribution in [2.75, 3.05) is 11.3 Å². The topological polar surface area (TPSA) is 72.2 Å². The fraction of sp³-hybridized carbons (Fsp3) is 0.467. The maximum Gasteiger partial charge on any atom is 0.235 e.